The Balaban J connectivity index is 1.45. The van der Waals surface area contributed by atoms with Gasteiger partial charge in [0, 0.05) is 37.7 Å². The number of rotatable bonds is 6. The van der Waals surface area contributed by atoms with E-state index in [1.165, 1.54) is 0 Å². The summed E-state index contributed by atoms with van der Waals surface area (Å²) in [7, 11) is 1.61. The molecule has 6 nitrogen and oxygen atoms in total. The lowest BCUT2D eigenvalue weighted by Gasteiger charge is -2.17. The van der Waals surface area contributed by atoms with Crippen molar-refractivity contribution in [2.45, 2.75) is 13.0 Å². The number of ether oxygens (including phenoxy) is 1. The fourth-order valence-electron chi connectivity index (χ4n) is 3.01. The maximum Gasteiger partial charge on any atom is 0.315 e. The number of anilines is 1. The Morgan fingerprint density at radius 3 is 2.54 bits per heavy atom. The highest BCUT2D eigenvalue weighted by Gasteiger charge is 2.30. The number of amides is 3. The maximum atomic E-state index is 12.3. The first-order valence-corrected chi connectivity index (χ1v) is 8.66. The Morgan fingerprint density at radius 2 is 1.85 bits per heavy atom. The molecule has 136 valence electrons. The zero-order valence-corrected chi connectivity index (χ0v) is 14.8. The van der Waals surface area contributed by atoms with Gasteiger partial charge < -0.3 is 20.3 Å². The van der Waals surface area contributed by atoms with Gasteiger partial charge in [0.15, 0.2) is 0 Å². The van der Waals surface area contributed by atoms with Crippen molar-refractivity contribution in [3.63, 3.8) is 0 Å². The molecule has 6 heteroatoms. The third-order valence-corrected chi connectivity index (χ3v) is 4.44. The Kier molecular flexibility index (Phi) is 5.73. The molecule has 1 saturated heterocycles. The third-order valence-electron chi connectivity index (χ3n) is 4.44. The summed E-state index contributed by atoms with van der Waals surface area (Å²) in [6.07, 6.45) is 0.436. The van der Waals surface area contributed by atoms with Crippen LogP contribution in [0.2, 0.25) is 0 Å². The van der Waals surface area contributed by atoms with Crippen molar-refractivity contribution < 1.29 is 14.3 Å². The molecule has 3 rings (SSSR count). The van der Waals surface area contributed by atoms with E-state index in [9.17, 15) is 9.59 Å². The molecule has 0 saturated carbocycles. The fraction of sp³-hybridized carbons (Fsp3) is 0.300. The molecule has 0 aliphatic carbocycles. The van der Waals surface area contributed by atoms with Crippen LogP contribution in [0.4, 0.5) is 10.5 Å². The van der Waals surface area contributed by atoms with Gasteiger partial charge in [-0.1, -0.05) is 30.3 Å². The predicted octanol–water partition coefficient (Wildman–Crippen LogP) is 2.55. The molecule has 1 aliphatic rings. The molecule has 1 unspecified atom stereocenters. The lowest BCUT2D eigenvalue weighted by Crippen LogP contribution is -2.38. The molecule has 1 aliphatic heterocycles. The van der Waals surface area contributed by atoms with E-state index in [0.29, 0.717) is 26.1 Å². The highest BCUT2D eigenvalue weighted by Crippen LogP contribution is 2.26. The highest BCUT2D eigenvalue weighted by atomic mass is 16.5. The first kappa shape index (κ1) is 17.8. The van der Waals surface area contributed by atoms with Gasteiger partial charge in [0.1, 0.15) is 5.75 Å². The van der Waals surface area contributed by atoms with Crippen LogP contribution in [-0.4, -0.2) is 32.1 Å². The van der Waals surface area contributed by atoms with E-state index in [1.807, 2.05) is 54.6 Å². The summed E-state index contributed by atoms with van der Waals surface area (Å²) in [6.45, 7) is 1.55. The minimum atomic E-state index is -0.218. The van der Waals surface area contributed by atoms with Crippen LogP contribution in [0.3, 0.4) is 0 Å². The molecule has 0 radical (unpaired) electrons. The van der Waals surface area contributed by atoms with Gasteiger partial charge >= 0.3 is 6.03 Å². The average molecular weight is 353 g/mol. The fourth-order valence-corrected chi connectivity index (χ4v) is 3.01. The van der Waals surface area contributed by atoms with Crippen LogP contribution in [0.5, 0.6) is 5.75 Å². The summed E-state index contributed by atoms with van der Waals surface area (Å²) in [5, 5.41) is 5.68. The monoisotopic (exact) mass is 353 g/mol. The van der Waals surface area contributed by atoms with Crippen LogP contribution in [0.15, 0.2) is 54.6 Å². The van der Waals surface area contributed by atoms with Crippen molar-refractivity contribution in [2.24, 2.45) is 5.92 Å². The van der Waals surface area contributed by atoms with Gasteiger partial charge in [0.25, 0.3) is 0 Å². The molecule has 2 N–H and O–H groups in total. The smallest absolute Gasteiger partial charge is 0.315 e. The van der Waals surface area contributed by atoms with E-state index in [0.717, 1.165) is 17.0 Å². The number of hydrogen-bond donors (Lipinski definition) is 2. The van der Waals surface area contributed by atoms with Gasteiger partial charge in [-0.05, 0) is 29.8 Å². The number of hydrogen-bond acceptors (Lipinski definition) is 3. The predicted molar refractivity (Wildman–Crippen MR) is 100 cm³/mol. The van der Waals surface area contributed by atoms with Crippen LogP contribution < -0.4 is 20.3 Å². The number of carbonyl (C=O) groups excluding carboxylic acids is 2. The molecule has 1 heterocycles. The van der Waals surface area contributed by atoms with E-state index >= 15 is 0 Å². The van der Waals surface area contributed by atoms with Gasteiger partial charge in [-0.3, -0.25) is 4.79 Å². The highest BCUT2D eigenvalue weighted by molar-refractivity contribution is 5.95. The summed E-state index contributed by atoms with van der Waals surface area (Å²) in [4.78, 5) is 26.0. The largest absolute Gasteiger partial charge is 0.497 e. The summed E-state index contributed by atoms with van der Waals surface area (Å²) in [6, 6.07) is 16.9. The zero-order valence-electron chi connectivity index (χ0n) is 14.8. The zero-order chi connectivity index (χ0) is 18.4. The van der Waals surface area contributed by atoms with Crippen molar-refractivity contribution in [1.82, 2.24) is 10.6 Å². The molecule has 26 heavy (non-hydrogen) atoms. The lowest BCUT2D eigenvalue weighted by atomic mass is 10.1. The van der Waals surface area contributed by atoms with E-state index in [2.05, 4.69) is 10.6 Å². The number of nitrogens with one attached hydrogen (secondary N) is 2. The van der Waals surface area contributed by atoms with Crippen molar-refractivity contribution in [3.8, 4) is 5.75 Å². The second-order valence-electron chi connectivity index (χ2n) is 6.32. The van der Waals surface area contributed by atoms with E-state index in [-0.39, 0.29) is 17.9 Å². The SMILES string of the molecule is COc1ccc(N2CC(CNC(=O)NCc3ccccc3)CC2=O)cc1. The Labute approximate surface area is 153 Å². The van der Waals surface area contributed by atoms with E-state index < -0.39 is 0 Å². The standard InChI is InChI=1S/C20H23N3O3/c1-26-18-9-7-17(8-10-18)23-14-16(11-19(23)24)13-22-20(25)21-12-15-5-3-2-4-6-15/h2-10,16H,11-14H2,1H3,(H2,21,22,25). The second kappa shape index (κ2) is 8.38. The minimum absolute atomic E-state index is 0.0756. The van der Waals surface area contributed by atoms with Crippen LogP contribution in [0.1, 0.15) is 12.0 Å². The second-order valence-corrected chi connectivity index (χ2v) is 6.32. The van der Waals surface area contributed by atoms with Gasteiger partial charge in [-0.15, -0.1) is 0 Å². The van der Waals surface area contributed by atoms with Gasteiger partial charge in [0.2, 0.25) is 5.91 Å². The molecule has 0 bridgehead atoms. The number of methoxy groups -OCH3 is 1. The molecule has 1 fully saturated rings. The van der Waals surface area contributed by atoms with Crippen molar-refractivity contribution >= 4 is 17.6 Å². The Bertz CT molecular complexity index is 747. The van der Waals surface area contributed by atoms with E-state index in [1.54, 1.807) is 12.0 Å². The molecular formula is C20H23N3O3. The number of urea groups is 1. The van der Waals surface area contributed by atoms with Crippen LogP contribution in [-0.2, 0) is 11.3 Å². The molecular weight excluding hydrogens is 330 g/mol. The molecule has 0 aromatic heterocycles. The van der Waals surface area contributed by atoms with Crippen LogP contribution >= 0.6 is 0 Å². The first-order chi connectivity index (χ1) is 12.7. The number of carbonyl (C=O) groups is 2. The van der Waals surface area contributed by atoms with Crippen LogP contribution in [0.25, 0.3) is 0 Å². The van der Waals surface area contributed by atoms with E-state index in [4.69, 9.17) is 4.74 Å². The summed E-state index contributed by atoms with van der Waals surface area (Å²) in [5.41, 5.74) is 1.90. The van der Waals surface area contributed by atoms with Gasteiger partial charge in [0.05, 0.1) is 7.11 Å². The minimum Gasteiger partial charge on any atom is -0.497 e. The normalized spacial score (nSPS) is 16.4. The van der Waals surface area contributed by atoms with Gasteiger partial charge in [-0.25, -0.2) is 4.79 Å². The number of benzene rings is 2. The van der Waals surface area contributed by atoms with Crippen molar-refractivity contribution in [2.75, 3.05) is 25.1 Å². The molecule has 2 aromatic rings. The molecule has 1 atom stereocenters. The summed E-state index contributed by atoms with van der Waals surface area (Å²) in [5.74, 6) is 0.937. The summed E-state index contributed by atoms with van der Waals surface area (Å²) >= 11 is 0. The molecule has 0 spiro atoms. The quantitative estimate of drug-likeness (QED) is 0.838. The number of nitrogens with zero attached hydrogens (tertiary/aromatic N) is 1. The van der Waals surface area contributed by atoms with Crippen LogP contribution in [0, 0.1) is 5.92 Å². The summed E-state index contributed by atoms with van der Waals surface area (Å²) < 4.78 is 5.14. The molecule has 3 amide bonds. The Morgan fingerprint density at radius 1 is 1.12 bits per heavy atom. The van der Waals surface area contributed by atoms with Gasteiger partial charge in [-0.2, -0.15) is 0 Å². The maximum absolute atomic E-state index is 12.3. The lowest BCUT2D eigenvalue weighted by molar-refractivity contribution is -0.117. The molecule has 2 aromatic carbocycles. The topological polar surface area (TPSA) is 70.7 Å². The Hall–Kier alpha value is -3.02. The van der Waals surface area contributed by atoms with Crippen molar-refractivity contribution in [3.05, 3.63) is 60.2 Å². The van der Waals surface area contributed by atoms with Crippen molar-refractivity contribution in [1.29, 1.82) is 0 Å². The third kappa shape index (κ3) is 4.53. The average Bonchev–Trinajstić information content (AvgIpc) is 3.06. The first-order valence-electron chi connectivity index (χ1n) is 8.66.